The minimum atomic E-state index is -2.01. The Morgan fingerprint density at radius 1 is 0.561 bits per heavy atom. The molecule has 0 amide bonds. The fourth-order valence-corrected chi connectivity index (χ4v) is 7.60. The van der Waals surface area contributed by atoms with Crippen LogP contribution in [0.15, 0.2) is 42.5 Å². The summed E-state index contributed by atoms with van der Waals surface area (Å²) in [7, 11) is 0. The minimum Gasteiger partial charge on any atom is -0.504 e. The highest BCUT2D eigenvalue weighted by atomic mass is 16.8. The van der Waals surface area contributed by atoms with Crippen molar-refractivity contribution in [3.63, 3.8) is 0 Å². The largest absolute Gasteiger partial charge is 0.504 e. The molecule has 25 heteroatoms. The monoisotopic (exact) mass is 948 g/mol. The Hall–Kier alpha value is -3.91. The normalized spacial score (nSPS) is 39.8. The predicted molar refractivity (Wildman–Crippen MR) is 212 cm³/mol. The van der Waals surface area contributed by atoms with Crippen molar-refractivity contribution in [2.45, 2.75) is 136 Å². The highest BCUT2D eigenvalue weighted by Gasteiger charge is 2.54. The third kappa shape index (κ3) is 11.7. The molecule has 0 spiro atoms. The molecule has 2 aromatic carbocycles. The van der Waals surface area contributed by atoms with Crippen LogP contribution in [0.2, 0.25) is 0 Å². The number of rotatable bonds is 16. The number of ether oxygens (including phenoxy) is 9. The van der Waals surface area contributed by atoms with Gasteiger partial charge in [0.15, 0.2) is 60.4 Å². The van der Waals surface area contributed by atoms with Crippen molar-refractivity contribution in [3.8, 4) is 23.0 Å². The van der Waals surface area contributed by atoms with E-state index < -0.39 is 172 Å². The summed E-state index contributed by atoms with van der Waals surface area (Å²) in [6.45, 7) is -1.38. The van der Waals surface area contributed by atoms with E-state index in [0.29, 0.717) is 5.56 Å². The van der Waals surface area contributed by atoms with Gasteiger partial charge in [0.2, 0.25) is 0 Å². The lowest BCUT2D eigenvalue weighted by Gasteiger charge is -2.47. The van der Waals surface area contributed by atoms with Gasteiger partial charge in [-0.1, -0.05) is 12.1 Å². The van der Waals surface area contributed by atoms with Crippen molar-refractivity contribution in [1.82, 2.24) is 0 Å². The van der Waals surface area contributed by atoms with Gasteiger partial charge in [-0.25, -0.2) is 4.79 Å². The number of hydrogen-bond acceptors (Lipinski definition) is 25. The molecule has 4 aliphatic heterocycles. The second-order valence-corrected chi connectivity index (χ2v) is 16.1. The van der Waals surface area contributed by atoms with Gasteiger partial charge >= 0.3 is 5.97 Å². The van der Waals surface area contributed by atoms with E-state index in [9.17, 15) is 81.4 Å². The third-order valence-electron chi connectivity index (χ3n) is 11.5. The molecule has 4 aliphatic rings. The summed E-state index contributed by atoms with van der Waals surface area (Å²) in [5.41, 5.74) is 0.684. The molecule has 0 aromatic heterocycles. The van der Waals surface area contributed by atoms with Crippen LogP contribution in [0.3, 0.4) is 0 Å². The summed E-state index contributed by atoms with van der Waals surface area (Å²) in [5.74, 6) is -2.90. The van der Waals surface area contributed by atoms with E-state index >= 15 is 0 Å². The van der Waals surface area contributed by atoms with Crippen molar-refractivity contribution < 1.29 is 124 Å². The van der Waals surface area contributed by atoms with E-state index in [0.717, 1.165) is 18.2 Å². The zero-order valence-electron chi connectivity index (χ0n) is 35.0. The molecule has 15 N–H and O–H groups in total. The zero-order chi connectivity index (χ0) is 48.1. The van der Waals surface area contributed by atoms with Crippen molar-refractivity contribution in [2.75, 3.05) is 26.4 Å². The zero-order valence-corrected chi connectivity index (χ0v) is 35.0. The number of aliphatic hydroxyl groups excluding tert-OH is 11. The molecule has 2 aromatic rings. The molecule has 4 fully saturated rings. The van der Waals surface area contributed by atoms with Crippen molar-refractivity contribution in [2.24, 2.45) is 0 Å². The van der Waals surface area contributed by atoms with Crippen LogP contribution in [0.1, 0.15) is 18.1 Å². The van der Waals surface area contributed by atoms with Crippen molar-refractivity contribution in [1.29, 1.82) is 0 Å². The lowest BCUT2D eigenvalue weighted by molar-refractivity contribution is -0.375. The number of aromatic hydroxyl groups is 4. The van der Waals surface area contributed by atoms with Gasteiger partial charge in [-0.2, -0.15) is 0 Å². The highest BCUT2D eigenvalue weighted by Crippen LogP contribution is 2.35. The Morgan fingerprint density at radius 3 is 1.79 bits per heavy atom. The summed E-state index contributed by atoms with van der Waals surface area (Å²) in [6, 6.07) is 7.59. The van der Waals surface area contributed by atoms with Gasteiger partial charge in [0.05, 0.1) is 32.5 Å². The average molecular weight is 949 g/mol. The molecule has 0 bridgehead atoms. The SMILES string of the molecule is CC1OC(OC2C(OCCc3ccc(O)c(O)c3)OC(COC3OC(CO)C(OC4OC(CO)C(O)C(O)C4O)C(O)C3O)C(O)C2OC(=O)C=Cc2ccc(O)c(O)c2)C(O)C(O)C1O. The minimum absolute atomic E-state index is 0.0379. The van der Waals surface area contributed by atoms with Gasteiger partial charge < -0.3 is 119 Å². The standard InChI is InChI=1S/C41H56O25/c1-15-26(49)29(52)32(55)39(60-15)66-37-36(64-25(48)7-4-16-2-5-18(44)20(46)10-16)28(51)24(63-41(37)58-9-8-17-3-6-19(45)21(47)11-17)14-59-38-34(57)31(54)35(23(13-43)62-38)65-40-33(56)30(53)27(50)22(12-42)61-40/h2-7,10-11,15,22-24,26-47,49-57H,8-9,12-14H2,1H3. The maximum Gasteiger partial charge on any atom is 0.331 e. The van der Waals surface area contributed by atoms with Gasteiger partial charge in [-0.05, 0) is 54.8 Å². The van der Waals surface area contributed by atoms with Crippen LogP contribution in [-0.2, 0) is 53.8 Å². The van der Waals surface area contributed by atoms with Crippen molar-refractivity contribution in [3.05, 3.63) is 53.6 Å². The summed E-state index contributed by atoms with van der Waals surface area (Å²) in [4.78, 5) is 13.4. The highest BCUT2D eigenvalue weighted by molar-refractivity contribution is 5.87. The molecular formula is C41H56O25. The van der Waals surface area contributed by atoms with Crippen LogP contribution in [-0.4, -0.2) is 232 Å². The quantitative estimate of drug-likeness (QED) is 0.0424. The van der Waals surface area contributed by atoms with E-state index in [4.69, 9.17) is 42.6 Å². The number of benzene rings is 2. The molecule has 4 heterocycles. The smallest absolute Gasteiger partial charge is 0.331 e. The number of aliphatic hydroxyl groups is 11. The summed E-state index contributed by atoms with van der Waals surface area (Å²) in [6.07, 6.45) is -32.7. The molecule has 0 radical (unpaired) electrons. The van der Waals surface area contributed by atoms with E-state index in [1.165, 1.54) is 37.3 Å². The Morgan fingerprint density at radius 2 is 1.14 bits per heavy atom. The lowest BCUT2D eigenvalue weighted by atomic mass is 9.96. The molecule has 20 unspecified atom stereocenters. The number of carbonyl (C=O) groups is 1. The molecule has 4 saturated heterocycles. The van der Waals surface area contributed by atoms with Crippen LogP contribution in [0, 0.1) is 0 Å². The third-order valence-corrected chi connectivity index (χ3v) is 11.5. The van der Waals surface area contributed by atoms with Crippen LogP contribution in [0.5, 0.6) is 23.0 Å². The molecule has 6 rings (SSSR count). The van der Waals surface area contributed by atoms with Gasteiger partial charge in [0.1, 0.15) is 79.4 Å². The van der Waals surface area contributed by atoms with Crippen molar-refractivity contribution >= 4 is 12.0 Å². The Bertz CT molecular complexity index is 1920. The van der Waals surface area contributed by atoms with Crippen LogP contribution in [0.4, 0.5) is 0 Å². The molecule has 0 aliphatic carbocycles. The first-order valence-electron chi connectivity index (χ1n) is 20.7. The average Bonchev–Trinajstić information content (AvgIpc) is 3.29. The Labute approximate surface area is 374 Å². The van der Waals surface area contributed by atoms with E-state index in [-0.39, 0.29) is 18.6 Å². The number of esters is 1. The molecule has 20 atom stereocenters. The first-order valence-corrected chi connectivity index (χ1v) is 20.7. The van der Waals surface area contributed by atoms with E-state index in [1.54, 1.807) is 0 Å². The second kappa shape index (κ2) is 22.5. The van der Waals surface area contributed by atoms with Crippen LogP contribution in [0.25, 0.3) is 6.08 Å². The maximum atomic E-state index is 13.4. The number of phenolic OH excluding ortho intramolecular Hbond substituents is 4. The molecular weight excluding hydrogens is 892 g/mol. The van der Waals surface area contributed by atoms with Gasteiger partial charge in [0, 0.05) is 6.08 Å². The first-order chi connectivity index (χ1) is 31.3. The molecule has 0 saturated carbocycles. The summed E-state index contributed by atoms with van der Waals surface area (Å²) >= 11 is 0. The molecule has 66 heavy (non-hydrogen) atoms. The molecule has 25 nitrogen and oxygen atoms in total. The lowest BCUT2D eigenvalue weighted by Crippen LogP contribution is -2.66. The van der Waals surface area contributed by atoms with Gasteiger partial charge in [-0.3, -0.25) is 0 Å². The van der Waals surface area contributed by atoms with E-state index in [2.05, 4.69) is 0 Å². The van der Waals surface area contributed by atoms with Crippen LogP contribution < -0.4 is 0 Å². The number of hydrogen-bond donors (Lipinski definition) is 15. The van der Waals surface area contributed by atoms with E-state index in [1.807, 2.05) is 0 Å². The predicted octanol–water partition coefficient (Wildman–Crippen LogP) is -5.37. The Balaban J connectivity index is 1.24. The summed E-state index contributed by atoms with van der Waals surface area (Å²) < 4.78 is 51.8. The van der Waals surface area contributed by atoms with Gasteiger partial charge in [0.25, 0.3) is 0 Å². The second-order valence-electron chi connectivity index (χ2n) is 16.1. The van der Waals surface area contributed by atoms with Crippen LogP contribution >= 0.6 is 0 Å². The van der Waals surface area contributed by atoms with Gasteiger partial charge in [-0.15, -0.1) is 0 Å². The maximum absolute atomic E-state index is 13.4. The first kappa shape index (κ1) is 51.5. The number of phenols is 4. The number of carbonyl (C=O) groups excluding carboxylic acids is 1. The fraction of sp³-hybridized carbons (Fsp3) is 0.634. The Kier molecular flexibility index (Phi) is 17.5. The summed E-state index contributed by atoms with van der Waals surface area (Å²) in [5, 5.41) is 156. The fourth-order valence-electron chi connectivity index (χ4n) is 7.60. The molecule has 370 valence electrons. The topological polar surface area (TPSA) is 404 Å².